The standard InChI is InChI=1S/C27H30F4N8/c1-15-24(19-8-10-20(28)11-9-19)36-38(13-18-6-7-18)26(15)34-21-12-22(33-14-32-21)39-17(3)23(16(2)35-39)25(37(4)5)27(29,30)31/h8-12,14,18,25H,6-7,13H2,1-5H3,(H,32,33,34). The Kier molecular flexibility index (Phi) is 6.91. The minimum atomic E-state index is -4.47. The van der Waals surface area contributed by atoms with E-state index in [2.05, 4.69) is 20.4 Å². The zero-order valence-electron chi connectivity index (χ0n) is 22.4. The zero-order valence-corrected chi connectivity index (χ0v) is 22.4. The zero-order chi connectivity index (χ0) is 28.1. The topological polar surface area (TPSA) is 76.7 Å². The molecule has 1 aliphatic rings. The first-order valence-electron chi connectivity index (χ1n) is 12.7. The van der Waals surface area contributed by atoms with Gasteiger partial charge in [-0.1, -0.05) is 0 Å². The van der Waals surface area contributed by atoms with E-state index in [-0.39, 0.29) is 17.1 Å². The summed E-state index contributed by atoms with van der Waals surface area (Å²) in [5.74, 6) is 1.74. The van der Waals surface area contributed by atoms with E-state index in [1.165, 1.54) is 37.2 Å². The number of rotatable bonds is 8. The minimum absolute atomic E-state index is 0.0999. The number of alkyl halides is 3. The largest absolute Gasteiger partial charge is 0.408 e. The van der Waals surface area contributed by atoms with Gasteiger partial charge in [0.05, 0.1) is 11.4 Å². The van der Waals surface area contributed by atoms with Gasteiger partial charge in [0, 0.05) is 35.0 Å². The van der Waals surface area contributed by atoms with Crippen molar-refractivity contribution < 1.29 is 17.6 Å². The molecule has 0 bridgehead atoms. The number of halogens is 4. The van der Waals surface area contributed by atoms with Gasteiger partial charge in [-0.2, -0.15) is 23.4 Å². The van der Waals surface area contributed by atoms with Gasteiger partial charge in [0.2, 0.25) is 0 Å². The maximum atomic E-state index is 13.9. The summed E-state index contributed by atoms with van der Waals surface area (Å²) >= 11 is 0. The first-order valence-corrected chi connectivity index (χ1v) is 12.7. The van der Waals surface area contributed by atoms with Crippen LogP contribution in [0.2, 0.25) is 0 Å². The van der Waals surface area contributed by atoms with Gasteiger partial charge in [-0.05, 0) is 77.9 Å². The molecule has 12 heteroatoms. The molecular weight excluding hydrogens is 512 g/mol. The molecule has 5 rings (SSSR count). The Bertz CT molecular complexity index is 1480. The molecular formula is C27H30F4N8. The Morgan fingerprint density at radius 2 is 1.74 bits per heavy atom. The van der Waals surface area contributed by atoms with Crippen LogP contribution in [0.4, 0.5) is 29.2 Å². The molecule has 0 radical (unpaired) electrons. The van der Waals surface area contributed by atoms with Gasteiger partial charge in [-0.15, -0.1) is 0 Å². The van der Waals surface area contributed by atoms with Gasteiger partial charge in [-0.3, -0.25) is 4.90 Å². The molecule has 1 aliphatic carbocycles. The number of nitrogens with zero attached hydrogens (tertiary/aromatic N) is 7. The number of hydrogen-bond donors (Lipinski definition) is 1. The van der Waals surface area contributed by atoms with Crippen molar-refractivity contribution in [1.82, 2.24) is 34.4 Å². The molecule has 1 atom stereocenters. The highest BCUT2D eigenvalue weighted by molar-refractivity contribution is 5.71. The second kappa shape index (κ2) is 10.1. The number of aryl methyl sites for hydroxylation is 1. The normalized spacial score (nSPS) is 14.7. The molecule has 1 fully saturated rings. The summed E-state index contributed by atoms with van der Waals surface area (Å²) in [5.41, 5.74) is 3.13. The summed E-state index contributed by atoms with van der Waals surface area (Å²) in [7, 11) is 2.79. The van der Waals surface area contributed by atoms with E-state index in [0.717, 1.165) is 46.9 Å². The van der Waals surface area contributed by atoms with Crippen molar-refractivity contribution >= 4 is 11.6 Å². The smallest absolute Gasteiger partial charge is 0.325 e. The summed E-state index contributed by atoms with van der Waals surface area (Å²) in [5, 5.41) is 12.6. The van der Waals surface area contributed by atoms with Crippen molar-refractivity contribution in [3.8, 4) is 17.1 Å². The van der Waals surface area contributed by atoms with E-state index in [1.807, 2.05) is 11.6 Å². The summed E-state index contributed by atoms with van der Waals surface area (Å²) in [4.78, 5) is 9.78. The van der Waals surface area contributed by atoms with Crippen LogP contribution in [0.15, 0.2) is 36.7 Å². The van der Waals surface area contributed by atoms with Crippen molar-refractivity contribution in [1.29, 1.82) is 0 Å². The van der Waals surface area contributed by atoms with Gasteiger partial charge in [0.1, 0.15) is 29.8 Å². The molecule has 0 saturated heterocycles. The highest BCUT2D eigenvalue weighted by Crippen LogP contribution is 2.40. The lowest BCUT2D eigenvalue weighted by Crippen LogP contribution is -2.34. The van der Waals surface area contributed by atoms with Crippen LogP contribution in [0, 0.1) is 32.5 Å². The van der Waals surface area contributed by atoms with Gasteiger partial charge in [0.15, 0.2) is 5.82 Å². The predicted octanol–water partition coefficient (Wildman–Crippen LogP) is 5.91. The molecule has 1 N–H and O–H groups in total. The molecule has 1 saturated carbocycles. The van der Waals surface area contributed by atoms with E-state index in [1.54, 1.807) is 32.0 Å². The van der Waals surface area contributed by atoms with Crippen LogP contribution in [-0.4, -0.2) is 54.7 Å². The highest BCUT2D eigenvalue weighted by Gasteiger charge is 2.45. The van der Waals surface area contributed by atoms with Gasteiger partial charge < -0.3 is 5.32 Å². The van der Waals surface area contributed by atoms with Gasteiger partial charge in [-0.25, -0.2) is 23.7 Å². The number of hydrogen-bond acceptors (Lipinski definition) is 6. The third kappa shape index (κ3) is 5.38. The third-order valence-electron chi connectivity index (χ3n) is 7.00. The van der Waals surface area contributed by atoms with Crippen molar-refractivity contribution in [2.24, 2.45) is 5.92 Å². The maximum absolute atomic E-state index is 13.9. The fourth-order valence-corrected chi connectivity index (χ4v) is 4.91. The third-order valence-corrected chi connectivity index (χ3v) is 7.00. The number of aromatic nitrogens is 6. The Balaban J connectivity index is 1.51. The lowest BCUT2D eigenvalue weighted by Gasteiger charge is -2.27. The van der Waals surface area contributed by atoms with Crippen LogP contribution >= 0.6 is 0 Å². The fraction of sp³-hybridized carbons (Fsp3) is 0.407. The molecule has 3 aromatic heterocycles. The van der Waals surface area contributed by atoms with Crippen molar-refractivity contribution in [3.05, 3.63) is 65.0 Å². The van der Waals surface area contributed by atoms with Gasteiger partial charge >= 0.3 is 6.18 Å². The summed E-state index contributed by atoms with van der Waals surface area (Å²) in [6.07, 6.45) is -0.855. The Morgan fingerprint density at radius 1 is 1.05 bits per heavy atom. The molecule has 39 heavy (non-hydrogen) atoms. The van der Waals surface area contributed by atoms with E-state index < -0.39 is 12.2 Å². The Hall–Kier alpha value is -3.80. The summed E-state index contributed by atoms with van der Waals surface area (Å²) in [6, 6.07) is 6.05. The monoisotopic (exact) mass is 542 g/mol. The molecule has 0 spiro atoms. The Labute approximate surface area is 223 Å². The van der Waals surface area contributed by atoms with Crippen molar-refractivity contribution in [2.45, 2.75) is 52.4 Å². The number of benzene rings is 1. The quantitative estimate of drug-likeness (QED) is 0.279. The van der Waals surface area contributed by atoms with Crippen LogP contribution in [0.1, 0.15) is 41.4 Å². The van der Waals surface area contributed by atoms with E-state index >= 15 is 0 Å². The van der Waals surface area contributed by atoms with Gasteiger partial charge in [0.25, 0.3) is 0 Å². The fourth-order valence-electron chi connectivity index (χ4n) is 4.91. The first kappa shape index (κ1) is 26.8. The van der Waals surface area contributed by atoms with Crippen LogP contribution in [0.3, 0.4) is 0 Å². The molecule has 3 heterocycles. The Morgan fingerprint density at radius 3 is 2.36 bits per heavy atom. The highest BCUT2D eigenvalue weighted by atomic mass is 19.4. The van der Waals surface area contributed by atoms with Crippen LogP contribution in [0.25, 0.3) is 17.1 Å². The maximum Gasteiger partial charge on any atom is 0.408 e. The second-order valence-electron chi connectivity index (χ2n) is 10.2. The molecule has 1 aromatic carbocycles. The molecule has 8 nitrogen and oxygen atoms in total. The molecule has 0 aliphatic heterocycles. The van der Waals surface area contributed by atoms with Crippen molar-refractivity contribution in [3.63, 3.8) is 0 Å². The average molecular weight is 543 g/mol. The molecule has 4 aromatic rings. The van der Waals surface area contributed by atoms with Crippen LogP contribution in [0.5, 0.6) is 0 Å². The lowest BCUT2D eigenvalue weighted by molar-refractivity contribution is -0.179. The second-order valence-corrected chi connectivity index (χ2v) is 10.2. The van der Waals surface area contributed by atoms with Crippen molar-refractivity contribution in [2.75, 3.05) is 19.4 Å². The molecule has 1 unspecified atom stereocenters. The molecule has 0 amide bonds. The van der Waals surface area contributed by atoms with Crippen LogP contribution in [-0.2, 0) is 6.54 Å². The SMILES string of the molecule is Cc1nn(-c2cc(Nc3c(C)c(-c4ccc(F)cc4)nn3CC3CC3)ncn2)c(C)c1C(N(C)C)C(F)(F)F. The average Bonchev–Trinajstić information content (AvgIpc) is 3.58. The molecule has 206 valence electrons. The van der Waals surface area contributed by atoms with E-state index in [9.17, 15) is 17.6 Å². The predicted molar refractivity (Wildman–Crippen MR) is 139 cm³/mol. The summed E-state index contributed by atoms with van der Waals surface area (Å²) in [6.45, 7) is 5.84. The lowest BCUT2D eigenvalue weighted by atomic mass is 10.0. The van der Waals surface area contributed by atoms with E-state index in [4.69, 9.17) is 5.10 Å². The summed E-state index contributed by atoms with van der Waals surface area (Å²) < 4.78 is 58.6. The number of nitrogens with one attached hydrogen (secondary N) is 1. The minimum Gasteiger partial charge on any atom is -0.325 e. The number of anilines is 2. The first-order chi connectivity index (χ1) is 18.4. The van der Waals surface area contributed by atoms with E-state index in [0.29, 0.717) is 23.2 Å². The van der Waals surface area contributed by atoms with Crippen LogP contribution < -0.4 is 5.32 Å².